The second kappa shape index (κ2) is 3.27. The molecule has 0 unspecified atom stereocenters. The summed E-state index contributed by atoms with van der Waals surface area (Å²) in [7, 11) is 2.32. The maximum absolute atomic E-state index is 2.62. The highest BCUT2D eigenvalue weighted by molar-refractivity contribution is 4.96. The predicted molar refractivity (Wildman–Crippen MR) is 56.8 cm³/mol. The Kier molecular flexibility index (Phi) is 2.39. The van der Waals surface area contributed by atoms with Gasteiger partial charge in [0.15, 0.2) is 0 Å². The van der Waals surface area contributed by atoms with Crippen molar-refractivity contribution in [2.45, 2.75) is 52.0 Å². The number of hydrogen-bond donors (Lipinski definition) is 0. The van der Waals surface area contributed by atoms with Crippen molar-refractivity contribution in [3.05, 3.63) is 0 Å². The molecule has 0 aromatic heterocycles. The molecule has 2 aliphatic rings. The predicted octanol–water partition coefficient (Wildman–Crippen LogP) is 2.91. The van der Waals surface area contributed by atoms with E-state index in [1.54, 1.807) is 0 Å². The highest BCUT2D eigenvalue weighted by atomic mass is 15.2. The topological polar surface area (TPSA) is 3.24 Å². The van der Waals surface area contributed by atoms with Crippen molar-refractivity contribution in [1.82, 2.24) is 4.90 Å². The number of hydrogen-bond acceptors (Lipinski definition) is 1. The van der Waals surface area contributed by atoms with Crippen LogP contribution in [0.25, 0.3) is 0 Å². The smallest absolute Gasteiger partial charge is 0.0146 e. The molecule has 1 saturated heterocycles. The van der Waals surface area contributed by atoms with Gasteiger partial charge < -0.3 is 4.90 Å². The van der Waals surface area contributed by atoms with Gasteiger partial charge in [-0.15, -0.1) is 0 Å². The molecule has 76 valence electrons. The third-order valence-corrected chi connectivity index (χ3v) is 4.23. The number of likely N-dealkylation sites (tertiary alicyclic amines) is 1. The number of nitrogens with zero attached hydrogens (tertiary/aromatic N) is 1. The zero-order valence-electron chi connectivity index (χ0n) is 9.34. The Bertz CT molecular complexity index is 190. The molecule has 3 atom stereocenters. The van der Waals surface area contributed by atoms with Gasteiger partial charge in [-0.05, 0) is 37.6 Å². The van der Waals surface area contributed by atoms with Gasteiger partial charge in [-0.1, -0.05) is 26.7 Å². The molecule has 2 rings (SSSR count). The van der Waals surface area contributed by atoms with E-state index >= 15 is 0 Å². The molecule has 1 aliphatic carbocycles. The largest absolute Gasteiger partial charge is 0.303 e. The van der Waals surface area contributed by atoms with Crippen molar-refractivity contribution in [2.75, 3.05) is 13.6 Å². The molecule has 1 heteroatoms. The average Bonchev–Trinajstić information content (AvgIpc) is 2.01. The number of fused-ring (bicyclic) bond motifs is 1. The molecule has 0 bridgehead atoms. The van der Waals surface area contributed by atoms with E-state index in [0.717, 1.165) is 12.0 Å². The van der Waals surface area contributed by atoms with E-state index in [1.165, 1.54) is 38.6 Å². The standard InChI is InChI=1S/C12H23N/c1-10-8-12(2)7-5-4-6-11(12)13(3)9-10/h10-11H,4-9H2,1-3H3/t10-,11-,12+/m0/s1. The first kappa shape index (κ1) is 9.51. The van der Waals surface area contributed by atoms with E-state index in [9.17, 15) is 0 Å². The summed E-state index contributed by atoms with van der Waals surface area (Å²) >= 11 is 0. The fourth-order valence-electron chi connectivity index (χ4n) is 3.85. The molecule has 13 heavy (non-hydrogen) atoms. The summed E-state index contributed by atoms with van der Waals surface area (Å²) in [6.07, 6.45) is 7.29. The lowest BCUT2D eigenvalue weighted by atomic mass is 9.64. The number of piperidine rings is 1. The van der Waals surface area contributed by atoms with E-state index in [-0.39, 0.29) is 0 Å². The maximum Gasteiger partial charge on any atom is 0.0146 e. The van der Waals surface area contributed by atoms with E-state index in [4.69, 9.17) is 0 Å². The molecule has 0 N–H and O–H groups in total. The molecule has 2 fully saturated rings. The fourth-order valence-corrected chi connectivity index (χ4v) is 3.85. The third-order valence-electron chi connectivity index (χ3n) is 4.23. The first-order valence-corrected chi connectivity index (χ1v) is 5.82. The minimum atomic E-state index is 0.644. The minimum absolute atomic E-state index is 0.644. The normalized spacial score (nSPS) is 47.3. The third kappa shape index (κ3) is 1.63. The van der Waals surface area contributed by atoms with Crippen LogP contribution in [0.3, 0.4) is 0 Å². The zero-order chi connectivity index (χ0) is 9.47. The molecule has 0 spiro atoms. The lowest BCUT2D eigenvalue weighted by Crippen LogP contribution is -2.53. The van der Waals surface area contributed by atoms with Crippen LogP contribution in [0.15, 0.2) is 0 Å². The average molecular weight is 181 g/mol. The van der Waals surface area contributed by atoms with Crippen LogP contribution >= 0.6 is 0 Å². The van der Waals surface area contributed by atoms with Crippen LogP contribution in [-0.2, 0) is 0 Å². The van der Waals surface area contributed by atoms with Gasteiger partial charge in [0.2, 0.25) is 0 Å². The highest BCUT2D eigenvalue weighted by Gasteiger charge is 2.42. The Balaban J connectivity index is 2.15. The van der Waals surface area contributed by atoms with Crippen molar-refractivity contribution < 1.29 is 0 Å². The quantitative estimate of drug-likeness (QED) is 0.555. The van der Waals surface area contributed by atoms with Crippen molar-refractivity contribution in [1.29, 1.82) is 0 Å². The fraction of sp³-hybridized carbons (Fsp3) is 1.00. The molecule has 1 heterocycles. The van der Waals surface area contributed by atoms with E-state index in [1.807, 2.05) is 0 Å². The van der Waals surface area contributed by atoms with Crippen LogP contribution in [0, 0.1) is 11.3 Å². The van der Waals surface area contributed by atoms with Gasteiger partial charge >= 0.3 is 0 Å². The van der Waals surface area contributed by atoms with Gasteiger partial charge in [-0.3, -0.25) is 0 Å². The lowest BCUT2D eigenvalue weighted by molar-refractivity contribution is -0.0154. The van der Waals surface area contributed by atoms with Gasteiger partial charge in [0.25, 0.3) is 0 Å². The van der Waals surface area contributed by atoms with Crippen molar-refractivity contribution in [2.24, 2.45) is 11.3 Å². The van der Waals surface area contributed by atoms with Crippen LogP contribution in [-0.4, -0.2) is 24.5 Å². The Morgan fingerprint density at radius 3 is 2.85 bits per heavy atom. The summed E-state index contributed by atoms with van der Waals surface area (Å²) in [5.41, 5.74) is 0.644. The maximum atomic E-state index is 2.62. The van der Waals surface area contributed by atoms with Gasteiger partial charge in [0.1, 0.15) is 0 Å². The molecule has 1 aliphatic heterocycles. The first-order chi connectivity index (χ1) is 6.12. The van der Waals surface area contributed by atoms with Crippen LogP contribution in [0.5, 0.6) is 0 Å². The van der Waals surface area contributed by atoms with E-state index in [0.29, 0.717) is 5.41 Å². The summed E-state index contributed by atoms with van der Waals surface area (Å²) in [4.78, 5) is 2.62. The zero-order valence-corrected chi connectivity index (χ0v) is 9.34. The summed E-state index contributed by atoms with van der Waals surface area (Å²) < 4.78 is 0. The van der Waals surface area contributed by atoms with E-state index in [2.05, 4.69) is 25.8 Å². The molecular weight excluding hydrogens is 158 g/mol. The van der Waals surface area contributed by atoms with E-state index < -0.39 is 0 Å². The second-order valence-electron chi connectivity index (χ2n) is 5.66. The summed E-state index contributed by atoms with van der Waals surface area (Å²) in [5, 5.41) is 0. The Labute approximate surface area is 82.5 Å². The minimum Gasteiger partial charge on any atom is -0.303 e. The molecule has 1 nitrogen and oxygen atoms in total. The van der Waals surface area contributed by atoms with Crippen LogP contribution in [0.4, 0.5) is 0 Å². The van der Waals surface area contributed by atoms with Gasteiger partial charge in [0, 0.05) is 12.6 Å². The molecule has 0 amide bonds. The SMILES string of the molecule is C[C@@H]1CN(C)[C@H]2CCCC[C@]2(C)C1. The van der Waals surface area contributed by atoms with Crippen molar-refractivity contribution in [3.8, 4) is 0 Å². The van der Waals surface area contributed by atoms with Crippen molar-refractivity contribution >= 4 is 0 Å². The molecular formula is C12H23N. The first-order valence-electron chi connectivity index (χ1n) is 5.82. The molecule has 0 radical (unpaired) electrons. The summed E-state index contributed by atoms with van der Waals surface area (Å²) in [6.45, 7) is 6.25. The summed E-state index contributed by atoms with van der Waals surface area (Å²) in [5.74, 6) is 0.907. The Morgan fingerprint density at radius 1 is 1.31 bits per heavy atom. The van der Waals surface area contributed by atoms with Crippen LogP contribution < -0.4 is 0 Å². The second-order valence-corrected chi connectivity index (χ2v) is 5.66. The Hall–Kier alpha value is -0.0400. The van der Waals surface area contributed by atoms with Gasteiger partial charge in [-0.2, -0.15) is 0 Å². The summed E-state index contributed by atoms with van der Waals surface area (Å²) in [6, 6.07) is 0.887. The Morgan fingerprint density at radius 2 is 2.08 bits per heavy atom. The van der Waals surface area contributed by atoms with Gasteiger partial charge in [0.05, 0.1) is 0 Å². The number of rotatable bonds is 0. The van der Waals surface area contributed by atoms with Crippen LogP contribution in [0.1, 0.15) is 46.0 Å². The van der Waals surface area contributed by atoms with Gasteiger partial charge in [-0.25, -0.2) is 0 Å². The highest BCUT2D eigenvalue weighted by Crippen LogP contribution is 2.46. The van der Waals surface area contributed by atoms with Crippen molar-refractivity contribution in [3.63, 3.8) is 0 Å². The molecule has 0 aromatic rings. The lowest BCUT2D eigenvalue weighted by Gasteiger charge is -2.52. The molecule has 0 aromatic carbocycles. The van der Waals surface area contributed by atoms with Crippen LogP contribution in [0.2, 0.25) is 0 Å². The molecule has 1 saturated carbocycles. The monoisotopic (exact) mass is 181 g/mol.